The highest BCUT2D eigenvalue weighted by Crippen LogP contribution is 2.40. The lowest BCUT2D eigenvalue weighted by Gasteiger charge is -2.28. The van der Waals surface area contributed by atoms with Crippen LogP contribution in [0, 0.1) is 5.82 Å². The van der Waals surface area contributed by atoms with E-state index in [0.717, 1.165) is 76.7 Å². The Labute approximate surface area is 183 Å². The van der Waals surface area contributed by atoms with Gasteiger partial charge in [-0.25, -0.2) is 14.4 Å². The third-order valence-electron chi connectivity index (χ3n) is 6.76. The molecule has 2 aliphatic rings. The van der Waals surface area contributed by atoms with E-state index in [-0.39, 0.29) is 17.0 Å². The number of nitrogens with zero attached hydrogens (tertiary/aromatic N) is 4. The van der Waals surface area contributed by atoms with Crippen LogP contribution in [0.5, 0.6) is 0 Å². The molecule has 2 fully saturated rings. The molecule has 0 atom stereocenters. The maximum atomic E-state index is 14.0. The second-order valence-electron chi connectivity index (χ2n) is 8.87. The molecule has 2 aromatic heterocycles. The number of hydrogen-bond donors (Lipinski definition) is 1. The van der Waals surface area contributed by atoms with Gasteiger partial charge in [0.25, 0.3) is 0 Å². The van der Waals surface area contributed by atoms with E-state index >= 15 is 0 Å². The van der Waals surface area contributed by atoms with Gasteiger partial charge in [-0.05, 0) is 25.0 Å². The largest absolute Gasteiger partial charge is 0.435 e. The molecule has 5 rings (SSSR count). The second-order valence-corrected chi connectivity index (χ2v) is 8.87. The van der Waals surface area contributed by atoms with Gasteiger partial charge in [-0.1, -0.05) is 19.3 Å². The molecule has 1 aromatic carbocycles. The molecule has 0 unspecified atom stereocenters. The highest BCUT2D eigenvalue weighted by Gasteiger charge is 2.38. The zero-order valence-electron chi connectivity index (χ0n) is 17.9. The van der Waals surface area contributed by atoms with E-state index in [0.29, 0.717) is 17.4 Å². The second kappa shape index (κ2) is 8.59. The summed E-state index contributed by atoms with van der Waals surface area (Å²) in [6, 6.07) is 3.90. The first-order valence-electron chi connectivity index (χ1n) is 11.4. The first kappa shape index (κ1) is 21.6. The summed E-state index contributed by atoms with van der Waals surface area (Å²) >= 11 is 0. The zero-order valence-corrected chi connectivity index (χ0v) is 17.9. The van der Waals surface area contributed by atoms with Crippen LogP contribution in [0.2, 0.25) is 0 Å². The van der Waals surface area contributed by atoms with Crippen molar-refractivity contribution in [3.05, 3.63) is 35.5 Å². The van der Waals surface area contributed by atoms with Gasteiger partial charge in [0.2, 0.25) is 0 Å². The van der Waals surface area contributed by atoms with Crippen molar-refractivity contribution in [2.45, 2.75) is 50.7 Å². The fourth-order valence-corrected chi connectivity index (χ4v) is 5.15. The Morgan fingerprint density at radius 1 is 1.00 bits per heavy atom. The molecular formula is C23H27F4N5. The van der Waals surface area contributed by atoms with Crippen molar-refractivity contribution in [1.29, 1.82) is 0 Å². The van der Waals surface area contributed by atoms with Crippen molar-refractivity contribution >= 4 is 21.9 Å². The summed E-state index contributed by atoms with van der Waals surface area (Å²) in [5.41, 5.74) is -0.692. The number of piperazine rings is 1. The smallest absolute Gasteiger partial charge is 0.326 e. The number of halogens is 4. The van der Waals surface area contributed by atoms with Gasteiger partial charge >= 0.3 is 6.18 Å². The van der Waals surface area contributed by atoms with Crippen LogP contribution in [0.4, 0.5) is 17.6 Å². The maximum Gasteiger partial charge on any atom is 0.435 e. The van der Waals surface area contributed by atoms with Gasteiger partial charge in [0.15, 0.2) is 5.69 Å². The average Bonchev–Trinajstić information content (AvgIpc) is 3.17. The summed E-state index contributed by atoms with van der Waals surface area (Å²) in [7, 11) is 0. The molecule has 1 N–H and O–H groups in total. The fraction of sp³-hybridized carbons (Fsp3) is 0.565. The van der Waals surface area contributed by atoms with Crippen LogP contribution in [-0.2, 0) is 12.7 Å². The van der Waals surface area contributed by atoms with Crippen molar-refractivity contribution < 1.29 is 17.6 Å². The summed E-state index contributed by atoms with van der Waals surface area (Å²) in [5.74, 6) is 0.256. The Hall–Kier alpha value is -2.26. The Balaban J connectivity index is 1.70. The van der Waals surface area contributed by atoms with Crippen LogP contribution in [0.25, 0.3) is 21.9 Å². The highest BCUT2D eigenvalue weighted by molar-refractivity contribution is 6.03. The lowest BCUT2D eigenvalue weighted by Crippen LogP contribution is -2.44. The standard InChI is InChI=1S/C23H27F4N5/c24-16-6-7-17-18(14-16)29-21(23(25,26)27)19-20(17)32(13-12-31-10-8-28-9-11-31)22(30-19)15-4-2-1-3-5-15/h6-7,14-15,28H,1-5,8-13H2. The van der Waals surface area contributed by atoms with Crippen LogP contribution < -0.4 is 5.32 Å². The number of pyridine rings is 1. The molecular weight excluding hydrogens is 422 g/mol. The zero-order chi connectivity index (χ0) is 22.3. The van der Waals surface area contributed by atoms with Crippen molar-refractivity contribution in [1.82, 2.24) is 24.8 Å². The number of alkyl halides is 3. The molecule has 0 amide bonds. The van der Waals surface area contributed by atoms with E-state index in [4.69, 9.17) is 0 Å². The van der Waals surface area contributed by atoms with E-state index in [1.165, 1.54) is 12.1 Å². The molecule has 0 radical (unpaired) electrons. The number of imidazole rings is 1. The summed E-state index contributed by atoms with van der Waals surface area (Å²) in [6.07, 6.45) is 0.454. The van der Waals surface area contributed by atoms with Gasteiger partial charge in [0, 0.05) is 56.6 Å². The lowest BCUT2D eigenvalue weighted by molar-refractivity contribution is -0.139. The van der Waals surface area contributed by atoms with Gasteiger partial charge in [-0.2, -0.15) is 13.2 Å². The van der Waals surface area contributed by atoms with Crippen molar-refractivity contribution in [2.75, 3.05) is 32.7 Å². The minimum absolute atomic E-state index is 0.0170. The third-order valence-corrected chi connectivity index (χ3v) is 6.76. The fourth-order valence-electron chi connectivity index (χ4n) is 5.15. The predicted octanol–water partition coefficient (Wildman–Crippen LogP) is 4.70. The normalized spacial score (nSPS) is 19.2. The molecule has 1 aliphatic carbocycles. The Morgan fingerprint density at radius 2 is 1.75 bits per heavy atom. The van der Waals surface area contributed by atoms with Crippen LogP contribution in [-0.4, -0.2) is 52.2 Å². The minimum Gasteiger partial charge on any atom is -0.326 e. The number of nitrogens with one attached hydrogen (secondary N) is 1. The first-order valence-corrected chi connectivity index (χ1v) is 11.4. The van der Waals surface area contributed by atoms with Crippen molar-refractivity contribution in [3.63, 3.8) is 0 Å². The molecule has 5 nitrogen and oxygen atoms in total. The molecule has 9 heteroatoms. The predicted molar refractivity (Wildman–Crippen MR) is 115 cm³/mol. The monoisotopic (exact) mass is 449 g/mol. The van der Waals surface area contributed by atoms with E-state index in [1.807, 2.05) is 4.57 Å². The quantitative estimate of drug-likeness (QED) is 0.587. The molecule has 3 heterocycles. The van der Waals surface area contributed by atoms with Gasteiger partial charge < -0.3 is 9.88 Å². The Kier molecular flexibility index (Phi) is 5.79. The minimum atomic E-state index is -4.67. The summed E-state index contributed by atoms with van der Waals surface area (Å²) < 4.78 is 57.8. The van der Waals surface area contributed by atoms with Crippen LogP contribution in [0.1, 0.15) is 49.5 Å². The molecule has 172 valence electrons. The van der Waals surface area contributed by atoms with E-state index in [2.05, 4.69) is 20.2 Å². The van der Waals surface area contributed by atoms with Crippen LogP contribution in [0.3, 0.4) is 0 Å². The SMILES string of the molecule is Fc1ccc2c(c1)nc(C(F)(F)F)c1nc(C3CCCCC3)n(CCN3CCNCC3)c12. The van der Waals surface area contributed by atoms with Gasteiger partial charge in [-0.3, -0.25) is 4.90 Å². The maximum absolute atomic E-state index is 14.0. The number of benzene rings is 1. The topological polar surface area (TPSA) is 46.0 Å². The van der Waals surface area contributed by atoms with Crippen molar-refractivity contribution in [3.8, 4) is 0 Å². The van der Waals surface area contributed by atoms with Crippen molar-refractivity contribution in [2.24, 2.45) is 0 Å². The summed E-state index contributed by atoms with van der Waals surface area (Å²) in [5, 5.41) is 3.84. The van der Waals surface area contributed by atoms with E-state index < -0.39 is 17.7 Å². The summed E-state index contributed by atoms with van der Waals surface area (Å²) in [6.45, 7) is 4.92. The van der Waals surface area contributed by atoms with E-state index in [9.17, 15) is 17.6 Å². The molecule has 1 saturated heterocycles. The lowest BCUT2D eigenvalue weighted by atomic mass is 9.88. The molecule has 1 aliphatic heterocycles. The number of hydrogen-bond acceptors (Lipinski definition) is 4. The summed E-state index contributed by atoms with van der Waals surface area (Å²) in [4.78, 5) is 10.7. The van der Waals surface area contributed by atoms with Gasteiger partial charge in [0.1, 0.15) is 17.2 Å². The number of aromatic nitrogens is 3. The Bertz CT molecular complexity index is 1110. The number of rotatable bonds is 4. The highest BCUT2D eigenvalue weighted by atomic mass is 19.4. The molecule has 32 heavy (non-hydrogen) atoms. The molecule has 0 spiro atoms. The number of fused-ring (bicyclic) bond motifs is 3. The first-order chi connectivity index (χ1) is 15.4. The van der Waals surface area contributed by atoms with Gasteiger partial charge in [-0.15, -0.1) is 0 Å². The third kappa shape index (κ3) is 4.08. The molecule has 0 bridgehead atoms. The van der Waals surface area contributed by atoms with Crippen LogP contribution in [0.15, 0.2) is 18.2 Å². The van der Waals surface area contributed by atoms with E-state index in [1.54, 1.807) is 0 Å². The molecule has 3 aromatic rings. The van der Waals surface area contributed by atoms with Crippen LogP contribution >= 0.6 is 0 Å². The average molecular weight is 449 g/mol. The van der Waals surface area contributed by atoms with Gasteiger partial charge in [0.05, 0.1) is 11.0 Å². The Morgan fingerprint density at radius 3 is 2.47 bits per heavy atom. The molecule has 1 saturated carbocycles.